The van der Waals surface area contributed by atoms with Crippen molar-refractivity contribution in [3.63, 3.8) is 0 Å². The monoisotopic (exact) mass is 401 g/mol. The first-order valence-corrected chi connectivity index (χ1v) is 8.31. The Morgan fingerprint density at radius 3 is 2.64 bits per heavy atom. The molecule has 0 spiro atoms. The molecular weight excluding hydrogens is 386 g/mol. The highest BCUT2D eigenvalue weighted by atomic mass is 79.9. The highest BCUT2D eigenvalue weighted by Gasteiger charge is 2.04. The molecule has 0 heterocycles. The molecule has 2 aromatic carbocycles. The maximum atomic E-state index is 11.6. The molecule has 0 aliphatic heterocycles. The van der Waals surface area contributed by atoms with Gasteiger partial charge in [-0.25, -0.2) is 9.59 Å². The number of amides is 1. The van der Waals surface area contributed by atoms with Crippen LogP contribution in [0.25, 0.3) is 0 Å². The number of hydrogen-bond acceptors (Lipinski definition) is 3. The van der Waals surface area contributed by atoms with E-state index in [1.807, 2.05) is 30.3 Å². The SMILES string of the molecule is O=C(NCCC#Cc1cc(Br)cc(C(=O)O)c1)OCc1ccccc1. The van der Waals surface area contributed by atoms with E-state index in [-0.39, 0.29) is 12.2 Å². The lowest BCUT2D eigenvalue weighted by Gasteiger charge is -2.05. The van der Waals surface area contributed by atoms with Crippen LogP contribution < -0.4 is 5.32 Å². The number of aromatic carboxylic acids is 1. The quantitative estimate of drug-likeness (QED) is 0.589. The number of hydrogen-bond donors (Lipinski definition) is 2. The fraction of sp³-hybridized carbons (Fsp3) is 0.158. The lowest BCUT2D eigenvalue weighted by Crippen LogP contribution is -2.24. The van der Waals surface area contributed by atoms with Crippen LogP contribution in [0, 0.1) is 11.8 Å². The Morgan fingerprint density at radius 1 is 1.16 bits per heavy atom. The second kappa shape index (κ2) is 9.50. The van der Waals surface area contributed by atoms with Crippen LogP contribution in [0.2, 0.25) is 0 Å². The van der Waals surface area contributed by atoms with Gasteiger partial charge in [0.15, 0.2) is 0 Å². The molecule has 25 heavy (non-hydrogen) atoms. The summed E-state index contributed by atoms with van der Waals surface area (Å²) in [6, 6.07) is 14.2. The first-order chi connectivity index (χ1) is 12.0. The Hall–Kier alpha value is -2.78. The summed E-state index contributed by atoms with van der Waals surface area (Å²) in [7, 11) is 0. The van der Waals surface area contributed by atoms with Crippen LogP contribution in [0.3, 0.4) is 0 Å². The van der Waals surface area contributed by atoms with E-state index < -0.39 is 12.1 Å². The van der Waals surface area contributed by atoms with Gasteiger partial charge < -0.3 is 15.2 Å². The minimum absolute atomic E-state index is 0.168. The fourth-order valence-electron chi connectivity index (χ4n) is 1.95. The van der Waals surface area contributed by atoms with Gasteiger partial charge in [0.05, 0.1) is 5.56 Å². The van der Waals surface area contributed by atoms with Gasteiger partial charge in [0, 0.05) is 23.0 Å². The number of nitrogens with one attached hydrogen (secondary N) is 1. The number of halogens is 1. The van der Waals surface area contributed by atoms with Crippen LogP contribution in [0.1, 0.15) is 27.9 Å². The topological polar surface area (TPSA) is 75.6 Å². The van der Waals surface area contributed by atoms with Gasteiger partial charge in [-0.2, -0.15) is 0 Å². The van der Waals surface area contributed by atoms with Gasteiger partial charge in [-0.3, -0.25) is 0 Å². The molecule has 5 nitrogen and oxygen atoms in total. The lowest BCUT2D eigenvalue weighted by molar-refractivity contribution is 0.0696. The second-order valence-electron chi connectivity index (χ2n) is 5.07. The van der Waals surface area contributed by atoms with Crippen LogP contribution in [-0.2, 0) is 11.3 Å². The van der Waals surface area contributed by atoms with Crippen molar-refractivity contribution in [2.45, 2.75) is 13.0 Å². The first-order valence-electron chi connectivity index (χ1n) is 7.52. The standard InChI is InChI=1S/C19H16BrNO4/c20-17-11-15(10-16(12-17)18(22)23)8-4-5-9-21-19(24)25-13-14-6-2-1-3-7-14/h1-3,6-7,10-12H,5,9,13H2,(H,21,24)(H,22,23). The van der Waals surface area contributed by atoms with E-state index in [1.54, 1.807) is 6.07 Å². The van der Waals surface area contributed by atoms with Crippen molar-refractivity contribution in [1.29, 1.82) is 0 Å². The minimum Gasteiger partial charge on any atom is -0.478 e. The number of benzene rings is 2. The second-order valence-corrected chi connectivity index (χ2v) is 5.99. The molecule has 2 N–H and O–H groups in total. The molecule has 0 atom stereocenters. The predicted molar refractivity (Wildman–Crippen MR) is 97.2 cm³/mol. The molecular formula is C19H16BrNO4. The summed E-state index contributed by atoms with van der Waals surface area (Å²) < 4.78 is 5.73. The number of alkyl carbamates (subject to hydrolysis) is 1. The minimum atomic E-state index is -1.01. The number of carboxylic acid groups (broad SMARTS) is 1. The Bertz CT molecular complexity index is 809. The molecule has 6 heteroatoms. The molecule has 1 amide bonds. The normalized spacial score (nSPS) is 9.64. The molecule has 0 fully saturated rings. The largest absolute Gasteiger partial charge is 0.478 e. The lowest BCUT2D eigenvalue weighted by atomic mass is 10.1. The number of carboxylic acids is 1. The van der Waals surface area contributed by atoms with Gasteiger partial charge in [-0.05, 0) is 23.8 Å². The Balaban J connectivity index is 1.75. The average molecular weight is 402 g/mol. The third-order valence-electron chi connectivity index (χ3n) is 3.11. The zero-order valence-corrected chi connectivity index (χ0v) is 14.9. The molecule has 2 rings (SSSR count). The Kier molecular flexibility index (Phi) is 7.05. The average Bonchev–Trinajstić information content (AvgIpc) is 2.60. The molecule has 2 aromatic rings. The van der Waals surface area contributed by atoms with Gasteiger partial charge >= 0.3 is 12.1 Å². The Morgan fingerprint density at radius 2 is 1.92 bits per heavy atom. The highest BCUT2D eigenvalue weighted by molar-refractivity contribution is 9.10. The number of rotatable bonds is 5. The van der Waals surface area contributed by atoms with Crippen LogP contribution in [0.4, 0.5) is 4.79 Å². The summed E-state index contributed by atoms with van der Waals surface area (Å²) in [5, 5.41) is 11.6. The van der Waals surface area contributed by atoms with Gasteiger partial charge in [0.25, 0.3) is 0 Å². The Labute approximate surface area is 154 Å². The summed E-state index contributed by atoms with van der Waals surface area (Å²) in [6.45, 7) is 0.564. The maximum Gasteiger partial charge on any atom is 0.407 e. The summed E-state index contributed by atoms with van der Waals surface area (Å²) in [4.78, 5) is 22.6. The molecule has 0 saturated carbocycles. The third-order valence-corrected chi connectivity index (χ3v) is 3.57. The van der Waals surface area contributed by atoms with E-state index in [2.05, 4.69) is 33.1 Å². The van der Waals surface area contributed by atoms with Crippen molar-refractivity contribution < 1.29 is 19.4 Å². The summed E-state index contributed by atoms with van der Waals surface area (Å²) in [5.74, 6) is 4.76. The van der Waals surface area contributed by atoms with E-state index in [1.165, 1.54) is 12.1 Å². The van der Waals surface area contributed by atoms with Crippen LogP contribution in [-0.4, -0.2) is 23.7 Å². The van der Waals surface area contributed by atoms with Crippen molar-refractivity contribution in [2.24, 2.45) is 0 Å². The van der Waals surface area contributed by atoms with Crippen molar-refractivity contribution in [1.82, 2.24) is 5.32 Å². The molecule has 0 aliphatic carbocycles. The zero-order valence-electron chi connectivity index (χ0n) is 13.3. The van der Waals surface area contributed by atoms with E-state index in [0.29, 0.717) is 23.0 Å². The molecule has 0 bridgehead atoms. The van der Waals surface area contributed by atoms with Crippen LogP contribution >= 0.6 is 15.9 Å². The van der Waals surface area contributed by atoms with E-state index >= 15 is 0 Å². The van der Waals surface area contributed by atoms with Crippen molar-refractivity contribution in [3.05, 3.63) is 69.7 Å². The molecule has 0 saturated heterocycles. The van der Waals surface area contributed by atoms with Crippen LogP contribution in [0.5, 0.6) is 0 Å². The summed E-state index contributed by atoms with van der Waals surface area (Å²) in [6.07, 6.45) is -0.0729. The number of carbonyl (C=O) groups excluding carboxylic acids is 1. The van der Waals surface area contributed by atoms with Gasteiger partial charge in [-0.1, -0.05) is 58.1 Å². The third kappa shape index (κ3) is 6.69. The molecule has 128 valence electrons. The molecule has 0 aromatic heterocycles. The van der Waals surface area contributed by atoms with E-state index in [0.717, 1.165) is 5.56 Å². The van der Waals surface area contributed by atoms with Crippen molar-refractivity contribution in [3.8, 4) is 11.8 Å². The molecule has 0 unspecified atom stereocenters. The summed E-state index contributed by atoms with van der Waals surface area (Å²) in [5.41, 5.74) is 1.68. The fourth-order valence-corrected chi connectivity index (χ4v) is 2.44. The zero-order chi connectivity index (χ0) is 18.1. The number of ether oxygens (including phenoxy) is 1. The van der Waals surface area contributed by atoms with Crippen molar-refractivity contribution >= 4 is 28.0 Å². The van der Waals surface area contributed by atoms with Crippen LogP contribution in [0.15, 0.2) is 53.0 Å². The van der Waals surface area contributed by atoms with Gasteiger partial charge in [-0.15, -0.1) is 0 Å². The van der Waals surface area contributed by atoms with Gasteiger partial charge in [0.1, 0.15) is 6.61 Å². The maximum absolute atomic E-state index is 11.6. The highest BCUT2D eigenvalue weighted by Crippen LogP contribution is 2.15. The predicted octanol–water partition coefficient (Wildman–Crippen LogP) is 3.82. The van der Waals surface area contributed by atoms with E-state index in [4.69, 9.17) is 9.84 Å². The smallest absolute Gasteiger partial charge is 0.407 e. The summed E-state index contributed by atoms with van der Waals surface area (Å²) >= 11 is 3.25. The molecule has 0 aliphatic rings. The first kappa shape index (κ1) is 18.6. The van der Waals surface area contributed by atoms with E-state index in [9.17, 15) is 9.59 Å². The molecule has 0 radical (unpaired) electrons. The van der Waals surface area contributed by atoms with Crippen molar-refractivity contribution in [2.75, 3.05) is 6.54 Å². The number of carbonyl (C=O) groups is 2. The van der Waals surface area contributed by atoms with Gasteiger partial charge in [0.2, 0.25) is 0 Å².